The molecule has 0 aliphatic heterocycles. The SMILES string of the molecule is CCC(CC)c1oc(Br)cc1N. The summed E-state index contributed by atoms with van der Waals surface area (Å²) in [7, 11) is 0. The monoisotopic (exact) mass is 231 g/mol. The molecule has 0 saturated heterocycles. The van der Waals surface area contributed by atoms with Crippen molar-refractivity contribution in [2.45, 2.75) is 32.6 Å². The van der Waals surface area contributed by atoms with Crippen LogP contribution >= 0.6 is 15.9 Å². The summed E-state index contributed by atoms with van der Waals surface area (Å²) in [6, 6.07) is 1.81. The molecule has 0 atom stereocenters. The molecule has 0 fully saturated rings. The molecule has 0 radical (unpaired) electrons. The van der Waals surface area contributed by atoms with E-state index in [1.807, 2.05) is 6.07 Å². The Morgan fingerprint density at radius 2 is 2.08 bits per heavy atom. The van der Waals surface area contributed by atoms with Gasteiger partial charge in [0.15, 0.2) is 4.67 Å². The predicted molar refractivity (Wildman–Crippen MR) is 54.1 cm³/mol. The Hall–Kier alpha value is -0.440. The predicted octanol–water partition coefficient (Wildman–Crippen LogP) is 3.53. The first-order valence-electron chi connectivity index (χ1n) is 4.23. The molecule has 3 heteroatoms. The van der Waals surface area contributed by atoms with Crippen molar-refractivity contribution in [3.8, 4) is 0 Å². The lowest BCUT2D eigenvalue weighted by molar-refractivity contribution is 0.434. The van der Waals surface area contributed by atoms with E-state index in [9.17, 15) is 0 Å². The third-order valence-corrected chi connectivity index (χ3v) is 2.51. The third-order valence-electron chi connectivity index (χ3n) is 2.12. The second kappa shape index (κ2) is 3.99. The van der Waals surface area contributed by atoms with Gasteiger partial charge in [0.05, 0.1) is 5.69 Å². The maximum Gasteiger partial charge on any atom is 0.171 e. The lowest BCUT2D eigenvalue weighted by Gasteiger charge is -2.08. The van der Waals surface area contributed by atoms with Gasteiger partial charge in [0.25, 0.3) is 0 Å². The van der Waals surface area contributed by atoms with Gasteiger partial charge in [-0.15, -0.1) is 0 Å². The fraction of sp³-hybridized carbons (Fsp3) is 0.556. The summed E-state index contributed by atoms with van der Waals surface area (Å²) in [6.45, 7) is 4.29. The van der Waals surface area contributed by atoms with E-state index < -0.39 is 0 Å². The Kier molecular flexibility index (Phi) is 3.20. The molecule has 0 amide bonds. The van der Waals surface area contributed by atoms with Crippen molar-refractivity contribution < 1.29 is 4.42 Å². The van der Waals surface area contributed by atoms with Gasteiger partial charge < -0.3 is 10.2 Å². The molecule has 1 heterocycles. The molecular weight excluding hydrogens is 218 g/mol. The lowest BCUT2D eigenvalue weighted by atomic mass is 10.00. The normalized spacial score (nSPS) is 11.0. The largest absolute Gasteiger partial charge is 0.452 e. The van der Waals surface area contributed by atoms with Crippen LogP contribution in [0.25, 0.3) is 0 Å². The molecule has 0 aliphatic carbocycles. The van der Waals surface area contributed by atoms with Crippen LogP contribution in [0, 0.1) is 0 Å². The summed E-state index contributed by atoms with van der Waals surface area (Å²) >= 11 is 3.26. The van der Waals surface area contributed by atoms with E-state index in [1.54, 1.807) is 0 Å². The summed E-state index contributed by atoms with van der Waals surface area (Å²) in [5.41, 5.74) is 6.53. The minimum atomic E-state index is 0.455. The summed E-state index contributed by atoms with van der Waals surface area (Å²) in [5.74, 6) is 1.38. The zero-order valence-corrected chi connectivity index (χ0v) is 9.02. The summed E-state index contributed by atoms with van der Waals surface area (Å²) < 4.78 is 6.17. The van der Waals surface area contributed by atoms with Crippen molar-refractivity contribution in [2.24, 2.45) is 0 Å². The number of nitrogen functional groups attached to an aromatic ring is 1. The van der Waals surface area contributed by atoms with E-state index in [0.29, 0.717) is 5.92 Å². The average Bonchev–Trinajstić information content (AvgIpc) is 2.34. The topological polar surface area (TPSA) is 39.2 Å². The molecule has 2 N–H and O–H groups in total. The van der Waals surface area contributed by atoms with Crippen molar-refractivity contribution in [2.75, 3.05) is 5.73 Å². The maximum absolute atomic E-state index is 5.77. The molecule has 1 rings (SSSR count). The van der Waals surface area contributed by atoms with E-state index >= 15 is 0 Å². The van der Waals surface area contributed by atoms with Crippen LogP contribution in [-0.2, 0) is 0 Å². The van der Waals surface area contributed by atoms with Gasteiger partial charge in [-0.2, -0.15) is 0 Å². The minimum Gasteiger partial charge on any atom is -0.452 e. The quantitative estimate of drug-likeness (QED) is 0.865. The molecule has 1 aromatic rings. The molecule has 2 nitrogen and oxygen atoms in total. The Morgan fingerprint density at radius 3 is 2.42 bits per heavy atom. The van der Waals surface area contributed by atoms with E-state index in [0.717, 1.165) is 29.0 Å². The van der Waals surface area contributed by atoms with Crippen molar-refractivity contribution >= 4 is 21.6 Å². The van der Waals surface area contributed by atoms with Gasteiger partial charge in [0.2, 0.25) is 0 Å². The fourth-order valence-electron chi connectivity index (χ4n) is 1.37. The Labute approximate surface area is 81.3 Å². The average molecular weight is 232 g/mol. The van der Waals surface area contributed by atoms with Crippen molar-refractivity contribution in [1.82, 2.24) is 0 Å². The first-order chi connectivity index (χ1) is 5.69. The van der Waals surface area contributed by atoms with E-state index in [2.05, 4.69) is 29.8 Å². The van der Waals surface area contributed by atoms with Crippen LogP contribution in [0.5, 0.6) is 0 Å². The number of hydrogen-bond donors (Lipinski definition) is 1. The first-order valence-corrected chi connectivity index (χ1v) is 5.03. The van der Waals surface area contributed by atoms with Crippen molar-refractivity contribution in [1.29, 1.82) is 0 Å². The van der Waals surface area contributed by atoms with Crippen LogP contribution in [0.15, 0.2) is 15.2 Å². The molecule has 0 bridgehead atoms. The van der Waals surface area contributed by atoms with E-state index in [-0.39, 0.29) is 0 Å². The van der Waals surface area contributed by atoms with Crippen molar-refractivity contribution in [3.63, 3.8) is 0 Å². The second-order valence-electron chi connectivity index (χ2n) is 2.88. The maximum atomic E-state index is 5.77. The molecule has 0 unspecified atom stereocenters. The zero-order chi connectivity index (χ0) is 9.14. The van der Waals surface area contributed by atoms with Gasteiger partial charge in [-0.3, -0.25) is 0 Å². The lowest BCUT2D eigenvalue weighted by Crippen LogP contribution is -1.97. The standard InChI is InChI=1S/C9H14BrNO/c1-3-6(4-2)9-7(11)5-8(10)12-9/h5-6H,3-4,11H2,1-2H3. The first kappa shape index (κ1) is 9.65. The highest BCUT2D eigenvalue weighted by molar-refractivity contribution is 9.10. The minimum absolute atomic E-state index is 0.455. The molecule has 68 valence electrons. The van der Waals surface area contributed by atoms with E-state index in [4.69, 9.17) is 10.2 Å². The molecule has 12 heavy (non-hydrogen) atoms. The molecule has 0 spiro atoms. The van der Waals surface area contributed by atoms with Crippen LogP contribution in [-0.4, -0.2) is 0 Å². The smallest absolute Gasteiger partial charge is 0.171 e. The molecule has 0 saturated carbocycles. The Morgan fingerprint density at radius 1 is 1.50 bits per heavy atom. The highest BCUT2D eigenvalue weighted by Gasteiger charge is 2.15. The van der Waals surface area contributed by atoms with Crippen LogP contribution in [0.3, 0.4) is 0 Å². The zero-order valence-electron chi connectivity index (χ0n) is 7.43. The Balaban J connectivity index is 2.91. The summed E-state index contributed by atoms with van der Waals surface area (Å²) in [5, 5.41) is 0. The second-order valence-corrected chi connectivity index (χ2v) is 3.67. The van der Waals surface area contributed by atoms with Gasteiger partial charge >= 0.3 is 0 Å². The van der Waals surface area contributed by atoms with Crippen LogP contribution < -0.4 is 5.73 Å². The van der Waals surface area contributed by atoms with Crippen LogP contribution in [0.4, 0.5) is 5.69 Å². The summed E-state index contributed by atoms with van der Waals surface area (Å²) in [4.78, 5) is 0. The number of nitrogens with two attached hydrogens (primary N) is 1. The molecule has 0 aromatic carbocycles. The number of furan rings is 1. The number of rotatable bonds is 3. The van der Waals surface area contributed by atoms with Crippen LogP contribution in [0.1, 0.15) is 38.4 Å². The van der Waals surface area contributed by atoms with Gasteiger partial charge in [-0.1, -0.05) is 13.8 Å². The summed E-state index contributed by atoms with van der Waals surface area (Å²) in [6.07, 6.45) is 2.14. The highest BCUT2D eigenvalue weighted by Crippen LogP contribution is 2.32. The fourth-order valence-corrected chi connectivity index (χ4v) is 1.79. The van der Waals surface area contributed by atoms with E-state index in [1.165, 1.54) is 0 Å². The van der Waals surface area contributed by atoms with Gasteiger partial charge in [-0.05, 0) is 28.8 Å². The molecular formula is C9H14BrNO. The van der Waals surface area contributed by atoms with Gasteiger partial charge in [0, 0.05) is 12.0 Å². The number of hydrogen-bond acceptors (Lipinski definition) is 2. The molecule has 0 aliphatic rings. The van der Waals surface area contributed by atoms with Crippen molar-refractivity contribution in [3.05, 3.63) is 16.5 Å². The van der Waals surface area contributed by atoms with Gasteiger partial charge in [-0.25, -0.2) is 0 Å². The van der Waals surface area contributed by atoms with Crippen LogP contribution in [0.2, 0.25) is 0 Å². The molecule has 1 aromatic heterocycles. The Bertz CT molecular complexity index is 253. The highest BCUT2D eigenvalue weighted by atomic mass is 79.9. The third kappa shape index (κ3) is 1.83. The number of anilines is 1. The van der Waals surface area contributed by atoms with Gasteiger partial charge in [0.1, 0.15) is 5.76 Å². The number of halogens is 1.